The van der Waals surface area contributed by atoms with Gasteiger partial charge in [-0.1, -0.05) is 24.3 Å². The number of hydrogen-bond acceptors (Lipinski definition) is 2. The minimum atomic E-state index is -0.226. The zero-order chi connectivity index (χ0) is 12.8. The first-order valence-corrected chi connectivity index (χ1v) is 5.78. The molecule has 0 aliphatic rings. The Morgan fingerprint density at radius 3 is 2.50 bits per heavy atom. The van der Waals surface area contributed by atoms with Gasteiger partial charge in [0.25, 0.3) is 0 Å². The molecule has 0 amide bonds. The van der Waals surface area contributed by atoms with Gasteiger partial charge in [0.05, 0.1) is 0 Å². The molecule has 18 heavy (non-hydrogen) atoms. The number of halogens is 1. The van der Waals surface area contributed by atoms with E-state index in [0.717, 1.165) is 12.0 Å². The van der Waals surface area contributed by atoms with Gasteiger partial charge in [0, 0.05) is 18.3 Å². The van der Waals surface area contributed by atoms with Gasteiger partial charge in [-0.25, -0.2) is 4.39 Å². The first kappa shape index (κ1) is 12.3. The summed E-state index contributed by atoms with van der Waals surface area (Å²) in [5, 5.41) is 9.52. The molecular weight excluding hydrogens is 229 g/mol. The maximum atomic E-state index is 12.7. The summed E-state index contributed by atoms with van der Waals surface area (Å²) in [5.41, 5.74) is 1.75. The van der Waals surface area contributed by atoms with Crippen molar-refractivity contribution in [1.82, 2.24) is 0 Å². The summed E-state index contributed by atoms with van der Waals surface area (Å²) < 4.78 is 12.7. The van der Waals surface area contributed by atoms with E-state index in [-0.39, 0.29) is 11.6 Å². The van der Waals surface area contributed by atoms with Gasteiger partial charge in [-0.2, -0.15) is 0 Å². The van der Waals surface area contributed by atoms with E-state index in [1.165, 1.54) is 12.1 Å². The van der Waals surface area contributed by atoms with Gasteiger partial charge in [-0.05, 0) is 36.2 Å². The van der Waals surface area contributed by atoms with Crippen molar-refractivity contribution in [2.75, 3.05) is 6.54 Å². The van der Waals surface area contributed by atoms with E-state index in [2.05, 4.69) is 4.99 Å². The highest BCUT2D eigenvalue weighted by molar-refractivity contribution is 5.83. The molecule has 0 spiro atoms. The molecule has 0 aliphatic heterocycles. The Morgan fingerprint density at radius 2 is 1.78 bits per heavy atom. The summed E-state index contributed by atoms with van der Waals surface area (Å²) >= 11 is 0. The lowest BCUT2D eigenvalue weighted by atomic mass is 10.1. The summed E-state index contributed by atoms with van der Waals surface area (Å²) in [6.07, 6.45) is 2.41. The molecule has 0 fully saturated rings. The van der Waals surface area contributed by atoms with E-state index in [9.17, 15) is 9.50 Å². The molecule has 0 radical (unpaired) electrons. The maximum absolute atomic E-state index is 12.7. The molecule has 0 unspecified atom stereocenters. The highest BCUT2D eigenvalue weighted by Gasteiger charge is 1.95. The third-order valence-electron chi connectivity index (χ3n) is 2.61. The fourth-order valence-corrected chi connectivity index (χ4v) is 1.60. The van der Waals surface area contributed by atoms with Gasteiger partial charge in [-0.3, -0.25) is 4.99 Å². The Kier molecular flexibility index (Phi) is 4.07. The van der Waals surface area contributed by atoms with Gasteiger partial charge in [-0.15, -0.1) is 0 Å². The van der Waals surface area contributed by atoms with Crippen LogP contribution in [0.1, 0.15) is 11.1 Å². The van der Waals surface area contributed by atoms with Gasteiger partial charge in [0.1, 0.15) is 11.6 Å². The SMILES string of the molecule is Oc1ccccc1C=NCCc1ccc(F)cc1. The Bertz CT molecular complexity index is 534. The van der Waals surface area contributed by atoms with Crippen LogP contribution < -0.4 is 0 Å². The molecule has 2 nitrogen and oxygen atoms in total. The second-order valence-corrected chi connectivity index (χ2v) is 3.97. The standard InChI is InChI=1S/C15H14FNO/c16-14-7-5-12(6-8-14)9-10-17-11-13-3-1-2-4-15(13)18/h1-8,11,18H,9-10H2. The largest absolute Gasteiger partial charge is 0.507 e. The van der Waals surface area contributed by atoms with E-state index in [4.69, 9.17) is 0 Å². The van der Waals surface area contributed by atoms with Crippen molar-refractivity contribution in [2.24, 2.45) is 4.99 Å². The molecule has 0 saturated heterocycles. The van der Waals surface area contributed by atoms with E-state index < -0.39 is 0 Å². The number of aromatic hydroxyl groups is 1. The number of aliphatic imine (C=N–C) groups is 1. The topological polar surface area (TPSA) is 32.6 Å². The van der Waals surface area contributed by atoms with Gasteiger partial charge in [0.2, 0.25) is 0 Å². The smallest absolute Gasteiger partial charge is 0.124 e. The van der Waals surface area contributed by atoms with Crippen LogP contribution in [-0.4, -0.2) is 17.9 Å². The molecule has 0 atom stereocenters. The molecule has 2 aromatic carbocycles. The number of phenols is 1. The van der Waals surface area contributed by atoms with E-state index in [1.807, 2.05) is 6.07 Å². The van der Waals surface area contributed by atoms with E-state index in [1.54, 1.807) is 36.5 Å². The van der Waals surface area contributed by atoms with Crippen LogP contribution in [0.2, 0.25) is 0 Å². The average Bonchev–Trinajstić information content (AvgIpc) is 2.39. The molecule has 3 heteroatoms. The van der Waals surface area contributed by atoms with Crippen LogP contribution in [-0.2, 0) is 6.42 Å². The van der Waals surface area contributed by atoms with Crippen LogP contribution in [0.15, 0.2) is 53.5 Å². The van der Waals surface area contributed by atoms with Crippen molar-refractivity contribution in [3.63, 3.8) is 0 Å². The number of benzene rings is 2. The van der Waals surface area contributed by atoms with Crippen LogP contribution in [0, 0.1) is 5.82 Å². The van der Waals surface area contributed by atoms with Gasteiger partial charge < -0.3 is 5.11 Å². The summed E-state index contributed by atoms with van der Waals surface area (Å²) in [6.45, 7) is 0.611. The zero-order valence-electron chi connectivity index (χ0n) is 9.88. The number of hydrogen-bond donors (Lipinski definition) is 1. The van der Waals surface area contributed by atoms with Crippen LogP contribution >= 0.6 is 0 Å². The second kappa shape index (κ2) is 5.96. The second-order valence-electron chi connectivity index (χ2n) is 3.97. The molecule has 2 aromatic rings. The first-order chi connectivity index (χ1) is 8.75. The molecule has 0 bridgehead atoms. The average molecular weight is 243 g/mol. The third kappa shape index (κ3) is 3.42. The van der Waals surface area contributed by atoms with Crippen molar-refractivity contribution in [2.45, 2.75) is 6.42 Å². The van der Waals surface area contributed by atoms with Gasteiger partial charge in [0.15, 0.2) is 0 Å². The van der Waals surface area contributed by atoms with Gasteiger partial charge >= 0.3 is 0 Å². The van der Waals surface area contributed by atoms with E-state index >= 15 is 0 Å². The molecule has 0 aromatic heterocycles. The third-order valence-corrected chi connectivity index (χ3v) is 2.61. The lowest BCUT2D eigenvalue weighted by molar-refractivity contribution is 0.474. The van der Waals surface area contributed by atoms with Crippen molar-refractivity contribution in [3.05, 3.63) is 65.5 Å². The molecule has 92 valence electrons. The summed E-state index contributed by atoms with van der Waals surface area (Å²) in [5.74, 6) is -0.000471. The lowest BCUT2D eigenvalue weighted by Gasteiger charge is -1.99. The lowest BCUT2D eigenvalue weighted by Crippen LogP contribution is -1.91. The Balaban J connectivity index is 1.89. The number of phenolic OH excluding ortho intramolecular Hbond substituents is 1. The number of para-hydroxylation sites is 1. The Labute approximate surface area is 105 Å². The van der Waals surface area contributed by atoms with Crippen molar-refractivity contribution in [1.29, 1.82) is 0 Å². The first-order valence-electron chi connectivity index (χ1n) is 5.78. The van der Waals surface area contributed by atoms with Crippen LogP contribution in [0.25, 0.3) is 0 Å². The highest BCUT2D eigenvalue weighted by Crippen LogP contribution is 2.12. The summed E-state index contributed by atoms with van der Waals surface area (Å²) in [6, 6.07) is 13.4. The summed E-state index contributed by atoms with van der Waals surface area (Å²) in [7, 11) is 0. The van der Waals surface area contributed by atoms with Crippen LogP contribution in [0.3, 0.4) is 0 Å². The van der Waals surface area contributed by atoms with Crippen molar-refractivity contribution >= 4 is 6.21 Å². The van der Waals surface area contributed by atoms with Crippen molar-refractivity contribution in [3.8, 4) is 5.75 Å². The predicted octanol–water partition coefficient (Wildman–Crippen LogP) is 3.19. The number of rotatable bonds is 4. The van der Waals surface area contributed by atoms with Crippen LogP contribution in [0.5, 0.6) is 5.75 Å². The molecule has 0 aliphatic carbocycles. The normalized spacial score (nSPS) is 10.9. The van der Waals surface area contributed by atoms with E-state index in [0.29, 0.717) is 12.1 Å². The molecule has 1 N–H and O–H groups in total. The van der Waals surface area contributed by atoms with Crippen LogP contribution in [0.4, 0.5) is 4.39 Å². The molecule has 2 rings (SSSR count). The highest BCUT2D eigenvalue weighted by atomic mass is 19.1. The fraction of sp³-hybridized carbons (Fsp3) is 0.133. The Morgan fingerprint density at radius 1 is 1.06 bits per heavy atom. The van der Waals surface area contributed by atoms with Crippen molar-refractivity contribution < 1.29 is 9.50 Å². The number of nitrogens with zero attached hydrogens (tertiary/aromatic N) is 1. The molecular formula is C15H14FNO. The Hall–Kier alpha value is -2.16. The maximum Gasteiger partial charge on any atom is 0.124 e. The minimum absolute atomic E-state index is 0.225. The predicted molar refractivity (Wildman–Crippen MR) is 70.7 cm³/mol. The molecule has 0 saturated carbocycles. The zero-order valence-corrected chi connectivity index (χ0v) is 9.88. The summed E-state index contributed by atoms with van der Waals surface area (Å²) in [4.78, 5) is 4.24. The fourth-order valence-electron chi connectivity index (χ4n) is 1.60. The molecule has 0 heterocycles. The minimum Gasteiger partial charge on any atom is -0.507 e. The quantitative estimate of drug-likeness (QED) is 0.822. The monoisotopic (exact) mass is 243 g/mol.